The van der Waals surface area contributed by atoms with E-state index in [9.17, 15) is 9.59 Å². The third kappa shape index (κ3) is 3.14. The lowest BCUT2D eigenvalue weighted by molar-refractivity contribution is 0.101. The fraction of sp³-hybridized carbons (Fsp3) is 0.318. The van der Waals surface area contributed by atoms with E-state index in [4.69, 9.17) is 0 Å². The van der Waals surface area contributed by atoms with Crippen molar-refractivity contribution in [2.75, 3.05) is 5.43 Å². The number of fused-ring (bicyclic) bond motifs is 3. The topological polar surface area (TPSA) is 94.2 Å². The number of amides is 1. The van der Waals surface area contributed by atoms with E-state index in [0.29, 0.717) is 28.2 Å². The van der Waals surface area contributed by atoms with Crippen LogP contribution in [-0.4, -0.2) is 30.2 Å². The average molecular weight is 402 g/mol. The minimum atomic E-state index is -0.362. The smallest absolute Gasteiger partial charge is 0.267 e. The van der Waals surface area contributed by atoms with Gasteiger partial charge in [-0.05, 0) is 37.5 Å². The van der Waals surface area contributed by atoms with E-state index in [-0.39, 0.29) is 11.5 Å². The minimum absolute atomic E-state index is 0.344. The number of hydrogen-bond donors (Lipinski definition) is 1. The van der Waals surface area contributed by atoms with Gasteiger partial charge in [0.25, 0.3) is 17.2 Å². The number of carbonyl (C=O) groups excluding carboxylic acids is 1. The Morgan fingerprint density at radius 1 is 1.13 bits per heavy atom. The largest absolute Gasteiger partial charge is 0.280 e. The van der Waals surface area contributed by atoms with Crippen LogP contribution in [0.15, 0.2) is 47.5 Å². The number of pyridine rings is 1. The predicted molar refractivity (Wildman–Crippen MR) is 113 cm³/mol. The summed E-state index contributed by atoms with van der Waals surface area (Å²) >= 11 is 0. The lowest BCUT2D eigenvalue weighted by Crippen LogP contribution is -2.33. The lowest BCUT2D eigenvalue weighted by Gasteiger charge is -2.17. The van der Waals surface area contributed by atoms with Gasteiger partial charge in [-0.2, -0.15) is 9.50 Å². The van der Waals surface area contributed by atoms with Gasteiger partial charge in [0.2, 0.25) is 0 Å². The highest BCUT2D eigenvalue weighted by Gasteiger charge is 2.21. The molecule has 152 valence electrons. The Morgan fingerprint density at radius 2 is 1.93 bits per heavy atom. The van der Waals surface area contributed by atoms with E-state index in [1.54, 1.807) is 28.9 Å². The SMILES string of the molecule is Cc1ccccc1C(=O)Nn1ccc2c(cnc3nc(C4CCCCC4)nn32)c1=O. The quantitative estimate of drug-likeness (QED) is 0.568. The summed E-state index contributed by atoms with van der Waals surface area (Å²) in [6.45, 7) is 1.85. The molecule has 3 aromatic heterocycles. The molecule has 8 nitrogen and oxygen atoms in total. The first-order chi connectivity index (χ1) is 14.6. The fourth-order valence-electron chi connectivity index (χ4n) is 4.15. The van der Waals surface area contributed by atoms with Crippen LogP contribution in [0.25, 0.3) is 16.7 Å². The molecule has 0 aliphatic heterocycles. The highest BCUT2D eigenvalue weighted by Crippen LogP contribution is 2.31. The van der Waals surface area contributed by atoms with Crippen LogP contribution in [0.4, 0.5) is 0 Å². The molecule has 0 unspecified atom stereocenters. The van der Waals surface area contributed by atoms with Gasteiger partial charge in [-0.1, -0.05) is 37.5 Å². The molecule has 0 saturated heterocycles. The molecule has 8 heteroatoms. The Balaban J connectivity index is 1.52. The van der Waals surface area contributed by atoms with Gasteiger partial charge in [0.1, 0.15) is 0 Å². The molecule has 1 aliphatic carbocycles. The van der Waals surface area contributed by atoms with Crippen LogP contribution < -0.4 is 11.0 Å². The molecule has 4 aromatic rings. The summed E-state index contributed by atoms with van der Waals surface area (Å²) < 4.78 is 2.82. The molecule has 1 saturated carbocycles. The first-order valence-corrected chi connectivity index (χ1v) is 10.3. The lowest BCUT2D eigenvalue weighted by atomic mass is 9.89. The number of carbonyl (C=O) groups is 1. The molecule has 1 aromatic carbocycles. The first-order valence-electron chi connectivity index (χ1n) is 10.3. The molecule has 1 N–H and O–H groups in total. The van der Waals surface area contributed by atoms with Gasteiger partial charge in [0.05, 0.1) is 10.9 Å². The van der Waals surface area contributed by atoms with Crippen molar-refractivity contribution in [1.29, 1.82) is 0 Å². The van der Waals surface area contributed by atoms with Gasteiger partial charge in [-0.25, -0.2) is 9.66 Å². The monoisotopic (exact) mass is 402 g/mol. The molecule has 0 spiro atoms. The molecule has 1 fully saturated rings. The maximum absolute atomic E-state index is 13.0. The zero-order valence-electron chi connectivity index (χ0n) is 16.7. The Labute approximate surface area is 172 Å². The van der Waals surface area contributed by atoms with Crippen molar-refractivity contribution in [1.82, 2.24) is 24.3 Å². The third-order valence-electron chi connectivity index (χ3n) is 5.83. The normalized spacial score (nSPS) is 15.0. The predicted octanol–water partition coefficient (Wildman–Crippen LogP) is 3.18. The Kier molecular flexibility index (Phi) is 4.54. The van der Waals surface area contributed by atoms with E-state index in [2.05, 4.69) is 20.5 Å². The van der Waals surface area contributed by atoms with Crippen molar-refractivity contribution in [2.24, 2.45) is 0 Å². The summed E-state index contributed by atoms with van der Waals surface area (Å²) in [4.78, 5) is 34.5. The number of aromatic nitrogens is 5. The molecular weight excluding hydrogens is 380 g/mol. The summed E-state index contributed by atoms with van der Waals surface area (Å²) in [6.07, 6.45) is 8.88. The summed E-state index contributed by atoms with van der Waals surface area (Å²) in [7, 11) is 0. The highest BCUT2D eigenvalue weighted by molar-refractivity contribution is 6.01. The molecule has 5 rings (SSSR count). The van der Waals surface area contributed by atoms with Gasteiger partial charge in [0.15, 0.2) is 5.82 Å². The van der Waals surface area contributed by atoms with Gasteiger partial charge in [-0.15, -0.1) is 5.10 Å². The van der Waals surface area contributed by atoms with E-state index < -0.39 is 0 Å². The molecule has 0 atom stereocenters. The molecule has 30 heavy (non-hydrogen) atoms. The molecule has 3 heterocycles. The van der Waals surface area contributed by atoms with Crippen molar-refractivity contribution >= 4 is 22.6 Å². The van der Waals surface area contributed by atoms with E-state index >= 15 is 0 Å². The number of nitrogens with one attached hydrogen (secondary N) is 1. The standard InChI is InChI=1S/C22H22N6O2/c1-14-7-5-6-10-16(14)20(29)26-27-12-11-18-17(21(27)30)13-23-22-24-19(25-28(18)22)15-8-3-2-4-9-15/h5-7,10-13,15H,2-4,8-9H2,1H3,(H,26,29). The van der Waals surface area contributed by atoms with Gasteiger partial charge in [-0.3, -0.25) is 15.0 Å². The second-order valence-electron chi connectivity index (χ2n) is 7.82. The van der Waals surface area contributed by atoms with Crippen LogP contribution in [0.2, 0.25) is 0 Å². The molecule has 1 amide bonds. The maximum atomic E-state index is 13.0. The molecule has 1 aliphatic rings. The van der Waals surface area contributed by atoms with Crippen molar-refractivity contribution in [3.8, 4) is 0 Å². The van der Waals surface area contributed by atoms with Crippen LogP contribution in [0.5, 0.6) is 0 Å². The number of aryl methyl sites for hydroxylation is 1. The summed E-state index contributed by atoms with van der Waals surface area (Å²) in [5.41, 5.74) is 4.28. The second kappa shape index (κ2) is 7.37. The number of benzene rings is 1. The third-order valence-corrected chi connectivity index (χ3v) is 5.83. The fourth-order valence-corrected chi connectivity index (χ4v) is 4.15. The van der Waals surface area contributed by atoms with Crippen LogP contribution in [0.1, 0.15) is 59.8 Å². The van der Waals surface area contributed by atoms with Crippen molar-refractivity contribution in [3.05, 3.63) is 70.0 Å². The second-order valence-corrected chi connectivity index (χ2v) is 7.82. The summed E-state index contributed by atoms with van der Waals surface area (Å²) in [6, 6.07) is 8.99. The summed E-state index contributed by atoms with van der Waals surface area (Å²) in [5, 5.41) is 5.03. The van der Waals surface area contributed by atoms with Gasteiger partial charge in [0, 0.05) is 23.9 Å². The average Bonchev–Trinajstić information content (AvgIpc) is 3.21. The summed E-state index contributed by atoms with van der Waals surface area (Å²) in [5.74, 6) is 1.30. The number of nitrogens with zero attached hydrogens (tertiary/aromatic N) is 5. The zero-order valence-corrected chi connectivity index (χ0v) is 16.7. The van der Waals surface area contributed by atoms with E-state index in [0.717, 1.165) is 24.2 Å². The first kappa shape index (κ1) is 18.5. The zero-order chi connectivity index (χ0) is 20.7. The molecule has 0 bridgehead atoms. The Morgan fingerprint density at radius 3 is 2.73 bits per heavy atom. The highest BCUT2D eigenvalue weighted by atomic mass is 16.2. The van der Waals surface area contributed by atoms with E-state index in [1.165, 1.54) is 30.1 Å². The molecule has 0 radical (unpaired) electrons. The van der Waals surface area contributed by atoms with Gasteiger partial charge >= 0.3 is 0 Å². The van der Waals surface area contributed by atoms with Crippen LogP contribution in [-0.2, 0) is 0 Å². The van der Waals surface area contributed by atoms with Crippen LogP contribution in [0.3, 0.4) is 0 Å². The van der Waals surface area contributed by atoms with Crippen molar-refractivity contribution in [2.45, 2.75) is 44.9 Å². The minimum Gasteiger partial charge on any atom is -0.267 e. The molecular formula is C22H22N6O2. The number of hydrogen-bond acceptors (Lipinski definition) is 5. The van der Waals surface area contributed by atoms with E-state index in [1.807, 2.05) is 19.1 Å². The Hall–Kier alpha value is -3.55. The van der Waals surface area contributed by atoms with Gasteiger partial charge < -0.3 is 0 Å². The van der Waals surface area contributed by atoms with Crippen LogP contribution in [0, 0.1) is 6.92 Å². The number of rotatable bonds is 3. The van der Waals surface area contributed by atoms with Crippen molar-refractivity contribution in [3.63, 3.8) is 0 Å². The maximum Gasteiger partial charge on any atom is 0.280 e. The van der Waals surface area contributed by atoms with Crippen LogP contribution >= 0.6 is 0 Å². The Bertz CT molecular complexity index is 1320. The van der Waals surface area contributed by atoms with Crippen molar-refractivity contribution < 1.29 is 4.79 Å².